The second-order valence-corrected chi connectivity index (χ2v) is 3.68. The molecule has 0 aliphatic carbocycles. The molecule has 0 aliphatic heterocycles. The van der Waals surface area contributed by atoms with Gasteiger partial charge in [-0.1, -0.05) is 15.9 Å². The lowest BCUT2D eigenvalue weighted by Gasteiger charge is -2.00. The van der Waals surface area contributed by atoms with E-state index in [4.69, 9.17) is 5.73 Å². The molecule has 1 aromatic carbocycles. The third-order valence-corrected chi connectivity index (χ3v) is 1.95. The standard InChI is InChI=1S/C8H7BrFN3O2/c1-4(11)12-8-6(10)2-5(9)3-7(8)13(14)15/h2-3H,1H3,(H2,11,12). The second-order valence-electron chi connectivity index (χ2n) is 2.77. The molecule has 1 aromatic rings. The summed E-state index contributed by atoms with van der Waals surface area (Å²) in [5.41, 5.74) is 4.47. The summed E-state index contributed by atoms with van der Waals surface area (Å²) >= 11 is 2.96. The van der Waals surface area contributed by atoms with E-state index < -0.39 is 16.4 Å². The lowest BCUT2D eigenvalue weighted by Crippen LogP contribution is -2.05. The average molecular weight is 276 g/mol. The maximum Gasteiger partial charge on any atom is 0.299 e. The molecule has 0 saturated carbocycles. The average Bonchev–Trinajstić information content (AvgIpc) is 2.08. The monoisotopic (exact) mass is 275 g/mol. The Kier molecular flexibility index (Phi) is 3.35. The fraction of sp³-hybridized carbons (Fsp3) is 0.125. The van der Waals surface area contributed by atoms with Crippen LogP contribution >= 0.6 is 15.9 Å². The van der Waals surface area contributed by atoms with Gasteiger partial charge in [-0.3, -0.25) is 10.1 Å². The van der Waals surface area contributed by atoms with Gasteiger partial charge >= 0.3 is 0 Å². The Morgan fingerprint density at radius 2 is 2.27 bits per heavy atom. The van der Waals surface area contributed by atoms with E-state index in [2.05, 4.69) is 20.9 Å². The van der Waals surface area contributed by atoms with E-state index in [1.165, 1.54) is 13.0 Å². The highest BCUT2D eigenvalue weighted by atomic mass is 79.9. The Bertz CT molecular complexity index is 444. The molecule has 0 heterocycles. The zero-order valence-corrected chi connectivity index (χ0v) is 9.28. The molecular weight excluding hydrogens is 269 g/mol. The molecule has 80 valence electrons. The minimum atomic E-state index is -0.791. The molecule has 0 bridgehead atoms. The van der Waals surface area contributed by atoms with E-state index in [9.17, 15) is 14.5 Å². The van der Waals surface area contributed by atoms with Crippen LogP contribution < -0.4 is 5.73 Å². The Morgan fingerprint density at radius 3 is 2.73 bits per heavy atom. The van der Waals surface area contributed by atoms with Crippen LogP contribution in [-0.4, -0.2) is 10.8 Å². The van der Waals surface area contributed by atoms with Crippen molar-refractivity contribution in [1.29, 1.82) is 0 Å². The van der Waals surface area contributed by atoms with E-state index >= 15 is 0 Å². The summed E-state index contributed by atoms with van der Waals surface area (Å²) < 4.78 is 13.6. The lowest BCUT2D eigenvalue weighted by molar-refractivity contribution is -0.384. The highest BCUT2D eigenvalue weighted by Gasteiger charge is 2.19. The van der Waals surface area contributed by atoms with Gasteiger partial charge in [-0.2, -0.15) is 0 Å². The van der Waals surface area contributed by atoms with E-state index in [0.29, 0.717) is 0 Å². The van der Waals surface area contributed by atoms with E-state index in [1.54, 1.807) is 0 Å². The predicted octanol–water partition coefficient (Wildman–Crippen LogP) is 2.50. The number of hydrogen-bond donors (Lipinski definition) is 1. The Hall–Kier alpha value is -1.50. The molecule has 0 fully saturated rings. The second kappa shape index (κ2) is 4.35. The van der Waals surface area contributed by atoms with Crippen LogP contribution in [0.3, 0.4) is 0 Å². The third kappa shape index (κ3) is 2.72. The molecule has 0 aliphatic rings. The smallest absolute Gasteiger partial charge is 0.299 e. The number of halogens is 2. The van der Waals surface area contributed by atoms with Crippen LogP contribution in [0.4, 0.5) is 15.8 Å². The summed E-state index contributed by atoms with van der Waals surface area (Å²) in [6.07, 6.45) is 0. The summed E-state index contributed by atoms with van der Waals surface area (Å²) in [5, 5.41) is 10.6. The van der Waals surface area contributed by atoms with Crippen LogP contribution in [0.1, 0.15) is 6.92 Å². The van der Waals surface area contributed by atoms with Crippen molar-refractivity contribution in [2.24, 2.45) is 10.7 Å². The number of aliphatic imine (C=N–C) groups is 1. The quantitative estimate of drug-likeness (QED) is 0.390. The van der Waals surface area contributed by atoms with Crippen molar-refractivity contribution < 1.29 is 9.31 Å². The maximum atomic E-state index is 13.3. The summed E-state index contributed by atoms with van der Waals surface area (Å²) in [5.74, 6) is -0.736. The normalized spacial score (nSPS) is 11.5. The van der Waals surface area contributed by atoms with Crippen LogP contribution in [0, 0.1) is 15.9 Å². The highest BCUT2D eigenvalue weighted by Crippen LogP contribution is 2.33. The van der Waals surface area contributed by atoms with E-state index in [0.717, 1.165) is 6.07 Å². The lowest BCUT2D eigenvalue weighted by atomic mass is 10.2. The van der Waals surface area contributed by atoms with Crippen LogP contribution in [0.25, 0.3) is 0 Å². The number of nitro groups is 1. The van der Waals surface area contributed by atoms with Crippen LogP contribution in [0.2, 0.25) is 0 Å². The van der Waals surface area contributed by atoms with E-state index in [-0.39, 0.29) is 16.0 Å². The van der Waals surface area contributed by atoms with Crippen molar-refractivity contribution in [1.82, 2.24) is 0 Å². The van der Waals surface area contributed by atoms with Crippen molar-refractivity contribution in [3.8, 4) is 0 Å². The molecule has 0 radical (unpaired) electrons. The number of benzene rings is 1. The first kappa shape index (κ1) is 11.6. The topological polar surface area (TPSA) is 81.5 Å². The highest BCUT2D eigenvalue weighted by molar-refractivity contribution is 9.10. The molecule has 7 heteroatoms. The van der Waals surface area contributed by atoms with Gasteiger partial charge < -0.3 is 5.73 Å². The number of nitrogens with zero attached hydrogens (tertiary/aromatic N) is 2. The minimum absolute atomic E-state index is 0.0549. The van der Waals surface area contributed by atoms with Gasteiger partial charge in [0.25, 0.3) is 5.69 Å². The maximum absolute atomic E-state index is 13.3. The molecule has 0 atom stereocenters. The van der Waals surface area contributed by atoms with Gasteiger partial charge in [0.15, 0.2) is 11.5 Å². The molecule has 5 nitrogen and oxygen atoms in total. The molecule has 2 N–H and O–H groups in total. The molecule has 0 spiro atoms. The fourth-order valence-electron chi connectivity index (χ4n) is 0.979. The Labute approximate surface area is 93.1 Å². The van der Waals surface area contributed by atoms with Gasteiger partial charge in [0, 0.05) is 10.5 Å². The summed E-state index contributed by atoms with van der Waals surface area (Å²) in [4.78, 5) is 13.5. The summed E-state index contributed by atoms with van der Waals surface area (Å²) in [6.45, 7) is 1.42. The van der Waals surface area contributed by atoms with Crippen molar-refractivity contribution in [2.45, 2.75) is 6.92 Å². The van der Waals surface area contributed by atoms with Crippen molar-refractivity contribution in [3.63, 3.8) is 0 Å². The number of amidine groups is 1. The molecule has 0 unspecified atom stereocenters. The molecule has 0 amide bonds. The number of nitrogens with two attached hydrogens (primary N) is 1. The minimum Gasteiger partial charge on any atom is -0.387 e. The first-order chi connectivity index (χ1) is 6.91. The van der Waals surface area contributed by atoms with Gasteiger partial charge in [-0.15, -0.1) is 0 Å². The van der Waals surface area contributed by atoms with Gasteiger partial charge in [-0.25, -0.2) is 9.38 Å². The first-order valence-corrected chi connectivity index (χ1v) is 4.65. The van der Waals surface area contributed by atoms with Gasteiger partial charge in [0.1, 0.15) is 0 Å². The summed E-state index contributed by atoms with van der Waals surface area (Å²) in [7, 11) is 0. The zero-order chi connectivity index (χ0) is 11.6. The van der Waals surface area contributed by atoms with Crippen LogP contribution in [-0.2, 0) is 0 Å². The molecule has 1 rings (SSSR count). The van der Waals surface area contributed by atoms with Gasteiger partial charge in [-0.05, 0) is 13.0 Å². The SMILES string of the molecule is C/C(N)=N/c1c(F)cc(Br)cc1[N+](=O)[O-]. The summed E-state index contributed by atoms with van der Waals surface area (Å²) in [6, 6.07) is 2.26. The Morgan fingerprint density at radius 1 is 1.67 bits per heavy atom. The van der Waals surface area contributed by atoms with Crippen molar-refractivity contribution in [2.75, 3.05) is 0 Å². The number of nitro benzene ring substituents is 1. The zero-order valence-electron chi connectivity index (χ0n) is 7.70. The number of hydrogen-bond acceptors (Lipinski definition) is 3. The third-order valence-electron chi connectivity index (χ3n) is 1.49. The van der Waals surface area contributed by atoms with Crippen molar-refractivity contribution in [3.05, 3.63) is 32.5 Å². The van der Waals surface area contributed by atoms with E-state index in [1.807, 2.05) is 0 Å². The fourth-order valence-corrected chi connectivity index (χ4v) is 1.40. The Balaban J connectivity index is 3.47. The molecule has 0 aromatic heterocycles. The molecular formula is C8H7BrFN3O2. The van der Waals surface area contributed by atoms with Gasteiger partial charge in [0.2, 0.25) is 0 Å². The van der Waals surface area contributed by atoms with Crippen LogP contribution in [0.5, 0.6) is 0 Å². The predicted molar refractivity (Wildman–Crippen MR) is 57.7 cm³/mol. The molecule has 15 heavy (non-hydrogen) atoms. The number of rotatable bonds is 2. The van der Waals surface area contributed by atoms with Gasteiger partial charge in [0.05, 0.1) is 10.8 Å². The largest absolute Gasteiger partial charge is 0.387 e. The van der Waals surface area contributed by atoms with Crippen LogP contribution in [0.15, 0.2) is 21.6 Å². The first-order valence-electron chi connectivity index (χ1n) is 3.86. The van der Waals surface area contributed by atoms with Crippen molar-refractivity contribution >= 4 is 33.1 Å². The molecule has 0 saturated heterocycles.